The molecule has 0 unspecified atom stereocenters. The molecule has 0 saturated heterocycles. The van der Waals surface area contributed by atoms with Crippen LogP contribution in [0.25, 0.3) is 0 Å². The van der Waals surface area contributed by atoms with E-state index in [-0.39, 0.29) is 19.1 Å². The third-order valence-corrected chi connectivity index (χ3v) is 3.15. The Kier molecular flexibility index (Phi) is 6.94. The number of nitrogens with zero attached hydrogens (tertiary/aromatic N) is 2. The quantitative estimate of drug-likeness (QED) is 0.737. The Morgan fingerprint density at radius 2 is 1.96 bits per heavy atom. The molecule has 0 bridgehead atoms. The zero-order chi connectivity index (χ0) is 20.7. The number of amides is 2. The summed E-state index contributed by atoms with van der Waals surface area (Å²) in [6.45, 7) is 6.79. The molecule has 0 fully saturated rings. The Morgan fingerprint density at radius 1 is 1.21 bits per heavy atom. The number of anilines is 2. The monoisotopic (exact) mass is 392 g/mol. The summed E-state index contributed by atoms with van der Waals surface area (Å²) in [5, 5.41) is 8.90. The van der Waals surface area contributed by atoms with Crippen molar-refractivity contribution in [3.05, 3.63) is 29.9 Å². The van der Waals surface area contributed by atoms with Crippen LogP contribution < -0.4 is 15.4 Å². The first kappa shape index (κ1) is 21.2. The number of hydrogen-bond donors (Lipinski definition) is 2. The number of rotatable bonds is 7. The second-order valence-corrected chi connectivity index (χ2v) is 6.82. The molecule has 2 N–H and O–H groups in total. The van der Waals surface area contributed by atoms with Gasteiger partial charge in [0.1, 0.15) is 24.6 Å². The fourth-order valence-electron chi connectivity index (χ4n) is 2.12. The van der Waals surface area contributed by atoms with Crippen LogP contribution in [0.1, 0.15) is 32.5 Å². The van der Waals surface area contributed by atoms with Crippen LogP contribution in [0.5, 0.6) is 5.75 Å². The fraction of sp³-hybridized carbons (Fsp3) is 0.444. The van der Waals surface area contributed by atoms with Crippen molar-refractivity contribution >= 4 is 23.4 Å². The van der Waals surface area contributed by atoms with Gasteiger partial charge in [0.25, 0.3) is 5.89 Å². The molecule has 0 aliphatic carbocycles. The molecule has 10 nitrogen and oxygen atoms in total. The van der Waals surface area contributed by atoms with Crippen molar-refractivity contribution in [3.8, 4) is 5.75 Å². The number of hydrogen-bond acceptors (Lipinski definition) is 8. The molecule has 0 radical (unpaired) electrons. The van der Waals surface area contributed by atoms with Gasteiger partial charge >= 0.3 is 6.09 Å². The summed E-state index contributed by atoms with van der Waals surface area (Å²) < 4.78 is 20.6. The minimum Gasteiger partial charge on any atom is -0.495 e. The highest BCUT2D eigenvalue weighted by Gasteiger charge is 2.18. The molecule has 0 saturated carbocycles. The predicted octanol–water partition coefficient (Wildman–Crippen LogP) is 2.89. The minimum atomic E-state index is -0.641. The van der Waals surface area contributed by atoms with Gasteiger partial charge in [0, 0.05) is 5.69 Å². The second-order valence-electron chi connectivity index (χ2n) is 6.82. The molecular weight excluding hydrogens is 368 g/mol. The van der Waals surface area contributed by atoms with E-state index < -0.39 is 11.7 Å². The van der Waals surface area contributed by atoms with Gasteiger partial charge in [0.15, 0.2) is 5.82 Å². The Labute approximate surface area is 162 Å². The summed E-state index contributed by atoms with van der Waals surface area (Å²) in [7, 11) is 1.47. The third kappa shape index (κ3) is 6.88. The van der Waals surface area contributed by atoms with Gasteiger partial charge in [-0.3, -0.25) is 10.1 Å². The van der Waals surface area contributed by atoms with Gasteiger partial charge in [-0.05, 0) is 45.9 Å². The molecule has 0 atom stereocenters. The van der Waals surface area contributed by atoms with Gasteiger partial charge in [-0.2, -0.15) is 4.98 Å². The molecule has 0 aliphatic heterocycles. The molecule has 28 heavy (non-hydrogen) atoms. The Bertz CT molecular complexity index is 828. The minimum absolute atomic E-state index is 0.0301. The van der Waals surface area contributed by atoms with Crippen LogP contribution in [0.2, 0.25) is 0 Å². The van der Waals surface area contributed by atoms with Crippen molar-refractivity contribution < 1.29 is 28.3 Å². The summed E-state index contributed by atoms with van der Waals surface area (Å²) in [6, 6.07) is 4.81. The first-order valence-electron chi connectivity index (χ1n) is 8.51. The van der Waals surface area contributed by atoms with Crippen LogP contribution >= 0.6 is 0 Å². The number of aryl methyl sites for hydroxylation is 1. The molecule has 152 valence electrons. The van der Waals surface area contributed by atoms with Crippen LogP contribution in [0, 0.1) is 6.92 Å². The van der Waals surface area contributed by atoms with Crippen LogP contribution in [0.4, 0.5) is 16.2 Å². The van der Waals surface area contributed by atoms with Gasteiger partial charge in [0.2, 0.25) is 5.91 Å². The van der Waals surface area contributed by atoms with Crippen molar-refractivity contribution in [2.24, 2.45) is 0 Å². The van der Waals surface area contributed by atoms with Crippen molar-refractivity contribution in [2.45, 2.75) is 39.9 Å². The number of nitrogens with one attached hydrogen (secondary N) is 2. The summed E-state index contributed by atoms with van der Waals surface area (Å²) >= 11 is 0. The third-order valence-electron chi connectivity index (χ3n) is 3.15. The van der Waals surface area contributed by atoms with Gasteiger partial charge in [-0.1, -0.05) is 5.16 Å². The largest absolute Gasteiger partial charge is 0.495 e. The molecule has 1 aromatic carbocycles. The fourth-order valence-corrected chi connectivity index (χ4v) is 2.12. The first-order chi connectivity index (χ1) is 13.2. The summed E-state index contributed by atoms with van der Waals surface area (Å²) in [6.07, 6.45) is -0.632. The summed E-state index contributed by atoms with van der Waals surface area (Å²) in [5.74, 6) is 0.821. The van der Waals surface area contributed by atoms with Crippen LogP contribution in [-0.2, 0) is 20.9 Å². The van der Waals surface area contributed by atoms with Gasteiger partial charge in [-0.15, -0.1) is 0 Å². The summed E-state index contributed by atoms with van der Waals surface area (Å²) in [5.41, 5.74) is 0.170. The van der Waals surface area contributed by atoms with E-state index in [4.69, 9.17) is 18.7 Å². The SMILES string of the molecule is COc1ccc(NC(=O)COCc2nc(C)no2)cc1NC(=O)OC(C)(C)C. The van der Waals surface area contributed by atoms with E-state index in [1.165, 1.54) is 7.11 Å². The average molecular weight is 392 g/mol. The maximum Gasteiger partial charge on any atom is 0.412 e. The lowest BCUT2D eigenvalue weighted by molar-refractivity contribution is -0.121. The van der Waals surface area contributed by atoms with Crippen molar-refractivity contribution in [2.75, 3.05) is 24.4 Å². The number of benzene rings is 1. The molecule has 2 amide bonds. The molecular formula is C18H24N4O6. The van der Waals surface area contributed by atoms with E-state index in [9.17, 15) is 9.59 Å². The number of ether oxygens (including phenoxy) is 3. The second kappa shape index (κ2) is 9.18. The smallest absolute Gasteiger partial charge is 0.412 e. The number of carbonyl (C=O) groups excluding carboxylic acids is 2. The van der Waals surface area contributed by atoms with E-state index in [0.717, 1.165) is 0 Å². The lowest BCUT2D eigenvalue weighted by atomic mass is 10.2. The molecule has 10 heteroatoms. The Balaban J connectivity index is 1.93. The van der Waals surface area contributed by atoms with Gasteiger partial charge < -0.3 is 24.1 Å². The van der Waals surface area contributed by atoms with E-state index in [0.29, 0.717) is 28.8 Å². The number of aromatic nitrogens is 2. The summed E-state index contributed by atoms with van der Waals surface area (Å²) in [4.78, 5) is 28.0. The average Bonchev–Trinajstić information content (AvgIpc) is 2.98. The van der Waals surface area contributed by atoms with E-state index in [1.807, 2.05) is 0 Å². The molecule has 0 spiro atoms. The highest BCUT2D eigenvalue weighted by atomic mass is 16.6. The predicted molar refractivity (Wildman–Crippen MR) is 100 cm³/mol. The highest BCUT2D eigenvalue weighted by Crippen LogP contribution is 2.28. The van der Waals surface area contributed by atoms with Crippen molar-refractivity contribution in [1.82, 2.24) is 10.1 Å². The lowest BCUT2D eigenvalue weighted by Gasteiger charge is -2.20. The maximum absolute atomic E-state index is 12.0. The van der Waals surface area contributed by atoms with Gasteiger partial charge in [-0.25, -0.2) is 4.79 Å². The first-order valence-corrected chi connectivity index (χ1v) is 8.51. The van der Waals surface area contributed by atoms with Crippen molar-refractivity contribution in [1.29, 1.82) is 0 Å². The van der Waals surface area contributed by atoms with Crippen LogP contribution in [0.15, 0.2) is 22.7 Å². The van der Waals surface area contributed by atoms with Crippen LogP contribution in [0.3, 0.4) is 0 Å². The molecule has 2 aromatic rings. The van der Waals surface area contributed by atoms with E-state index >= 15 is 0 Å². The topological polar surface area (TPSA) is 125 Å². The molecule has 1 aromatic heterocycles. The molecule has 2 rings (SSSR count). The molecule has 0 aliphatic rings. The number of methoxy groups -OCH3 is 1. The zero-order valence-electron chi connectivity index (χ0n) is 16.5. The van der Waals surface area contributed by atoms with Crippen LogP contribution in [-0.4, -0.2) is 41.5 Å². The maximum atomic E-state index is 12.0. The normalized spacial score (nSPS) is 11.0. The standard InChI is InChI=1S/C18H24N4O6/c1-11-19-16(28-22-11)10-26-9-15(23)20-12-6-7-14(25-5)13(8-12)21-17(24)27-18(2,3)4/h6-8H,9-10H2,1-5H3,(H,20,23)(H,21,24). The molecule has 1 heterocycles. The Hall–Kier alpha value is -3.14. The number of carbonyl (C=O) groups is 2. The zero-order valence-corrected chi connectivity index (χ0v) is 16.5. The highest BCUT2D eigenvalue weighted by molar-refractivity contribution is 5.94. The van der Waals surface area contributed by atoms with E-state index in [2.05, 4.69) is 20.8 Å². The lowest BCUT2D eigenvalue weighted by Crippen LogP contribution is -2.27. The van der Waals surface area contributed by atoms with Gasteiger partial charge in [0.05, 0.1) is 12.8 Å². The Morgan fingerprint density at radius 3 is 2.57 bits per heavy atom. The van der Waals surface area contributed by atoms with Crippen molar-refractivity contribution in [3.63, 3.8) is 0 Å². The van der Waals surface area contributed by atoms with E-state index in [1.54, 1.807) is 45.9 Å².